The monoisotopic (exact) mass is 221 g/mol. The number of nitrogens with two attached hydrogens (primary N) is 1. The van der Waals surface area contributed by atoms with Crippen molar-refractivity contribution in [1.29, 1.82) is 0 Å². The number of hydrogen-bond acceptors (Lipinski definition) is 5. The van der Waals surface area contributed by atoms with Gasteiger partial charge in [0.05, 0.1) is 12.4 Å². The number of nitrogens with zero attached hydrogens (tertiary/aromatic N) is 2. The molecular formula is C10H15N5O. The highest BCUT2D eigenvalue weighted by Gasteiger charge is 2.33. The summed E-state index contributed by atoms with van der Waals surface area (Å²) in [5, 5.41) is 2.95. The maximum Gasteiger partial charge on any atom is 0.271 e. The van der Waals surface area contributed by atoms with Crippen LogP contribution in [0.2, 0.25) is 0 Å². The van der Waals surface area contributed by atoms with E-state index in [0.717, 1.165) is 19.3 Å². The van der Waals surface area contributed by atoms with Gasteiger partial charge in [0.1, 0.15) is 5.69 Å². The minimum atomic E-state index is -0.202. The van der Waals surface area contributed by atoms with Crippen molar-refractivity contribution in [2.75, 3.05) is 5.43 Å². The van der Waals surface area contributed by atoms with Gasteiger partial charge in [-0.3, -0.25) is 9.78 Å². The van der Waals surface area contributed by atoms with Gasteiger partial charge < -0.3 is 10.7 Å². The fourth-order valence-electron chi connectivity index (χ4n) is 1.72. The number of carbonyl (C=O) groups is 1. The summed E-state index contributed by atoms with van der Waals surface area (Å²) in [7, 11) is 0. The van der Waals surface area contributed by atoms with Crippen LogP contribution < -0.4 is 16.6 Å². The van der Waals surface area contributed by atoms with Crippen LogP contribution in [0.3, 0.4) is 0 Å². The third kappa shape index (κ3) is 2.11. The van der Waals surface area contributed by atoms with Gasteiger partial charge >= 0.3 is 0 Å². The van der Waals surface area contributed by atoms with Crippen LogP contribution in [0.1, 0.15) is 36.7 Å². The number of hydrazine groups is 1. The molecule has 1 aromatic heterocycles. The second-order valence-electron chi connectivity index (χ2n) is 4.30. The molecule has 1 saturated carbocycles. The molecule has 6 nitrogen and oxygen atoms in total. The molecule has 6 heteroatoms. The molecule has 1 fully saturated rings. The minimum Gasteiger partial charge on any atom is -0.345 e. The van der Waals surface area contributed by atoms with E-state index < -0.39 is 0 Å². The van der Waals surface area contributed by atoms with Gasteiger partial charge in [-0.25, -0.2) is 10.8 Å². The first-order valence-corrected chi connectivity index (χ1v) is 5.24. The summed E-state index contributed by atoms with van der Waals surface area (Å²) in [4.78, 5) is 19.7. The van der Waals surface area contributed by atoms with E-state index >= 15 is 0 Å². The summed E-state index contributed by atoms with van der Waals surface area (Å²) in [5.41, 5.74) is 2.56. The Hall–Kier alpha value is -1.69. The highest BCUT2D eigenvalue weighted by atomic mass is 16.2. The summed E-state index contributed by atoms with van der Waals surface area (Å²) in [5.74, 6) is 5.38. The molecular weight excluding hydrogens is 206 g/mol. The summed E-state index contributed by atoms with van der Waals surface area (Å²) in [6.07, 6.45) is 6.08. The van der Waals surface area contributed by atoms with Crippen molar-refractivity contribution in [2.45, 2.75) is 31.7 Å². The highest BCUT2D eigenvalue weighted by Crippen LogP contribution is 2.31. The van der Waals surface area contributed by atoms with Crippen LogP contribution in [-0.2, 0) is 0 Å². The lowest BCUT2D eigenvalue weighted by atomic mass is 9.78. The highest BCUT2D eigenvalue weighted by molar-refractivity contribution is 5.92. The van der Waals surface area contributed by atoms with E-state index in [0.29, 0.717) is 5.82 Å². The van der Waals surface area contributed by atoms with Crippen LogP contribution in [0.15, 0.2) is 12.4 Å². The van der Waals surface area contributed by atoms with Crippen LogP contribution in [0.4, 0.5) is 5.82 Å². The van der Waals surface area contributed by atoms with Gasteiger partial charge in [-0.05, 0) is 26.2 Å². The van der Waals surface area contributed by atoms with Crippen molar-refractivity contribution in [2.24, 2.45) is 5.84 Å². The Kier molecular flexibility index (Phi) is 2.74. The van der Waals surface area contributed by atoms with Crippen molar-refractivity contribution in [3.63, 3.8) is 0 Å². The smallest absolute Gasteiger partial charge is 0.271 e. The third-order valence-electron chi connectivity index (χ3n) is 2.89. The largest absolute Gasteiger partial charge is 0.345 e. The topological polar surface area (TPSA) is 92.9 Å². The van der Waals surface area contributed by atoms with Crippen molar-refractivity contribution >= 4 is 11.7 Å². The van der Waals surface area contributed by atoms with Crippen LogP contribution in [0.5, 0.6) is 0 Å². The number of carbonyl (C=O) groups excluding carboxylic acids is 1. The lowest BCUT2D eigenvalue weighted by molar-refractivity contribution is 0.0845. The van der Waals surface area contributed by atoms with E-state index in [1.54, 1.807) is 0 Å². The molecule has 0 aromatic carbocycles. The zero-order valence-electron chi connectivity index (χ0n) is 9.16. The number of rotatable bonds is 3. The Morgan fingerprint density at radius 2 is 2.25 bits per heavy atom. The first-order valence-electron chi connectivity index (χ1n) is 5.24. The number of amides is 1. The van der Waals surface area contributed by atoms with Gasteiger partial charge in [-0.2, -0.15) is 0 Å². The van der Waals surface area contributed by atoms with Crippen molar-refractivity contribution < 1.29 is 4.79 Å². The van der Waals surface area contributed by atoms with Crippen LogP contribution in [0.25, 0.3) is 0 Å². The average molecular weight is 221 g/mol. The van der Waals surface area contributed by atoms with Crippen molar-refractivity contribution in [3.8, 4) is 0 Å². The molecule has 0 unspecified atom stereocenters. The zero-order chi connectivity index (χ0) is 11.6. The molecule has 0 radical (unpaired) electrons. The molecule has 1 aliphatic carbocycles. The van der Waals surface area contributed by atoms with E-state index in [2.05, 4.69) is 20.7 Å². The van der Waals surface area contributed by atoms with E-state index in [1.165, 1.54) is 12.4 Å². The first-order chi connectivity index (χ1) is 7.63. The van der Waals surface area contributed by atoms with Crippen LogP contribution >= 0.6 is 0 Å². The quantitative estimate of drug-likeness (QED) is 0.508. The van der Waals surface area contributed by atoms with Gasteiger partial charge in [-0.15, -0.1) is 0 Å². The molecule has 1 amide bonds. The SMILES string of the molecule is CC1(NC(=O)c2cncc(NN)n2)CCC1. The predicted octanol–water partition coefficient (Wildman–Crippen LogP) is 0.435. The van der Waals surface area contributed by atoms with Gasteiger partial charge in [0.2, 0.25) is 0 Å². The Labute approximate surface area is 93.6 Å². The minimum absolute atomic E-state index is 0.0785. The number of nitrogens with one attached hydrogen (secondary N) is 2. The molecule has 0 bridgehead atoms. The molecule has 0 spiro atoms. The Morgan fingerprint density at radius 3 is 2.81 bits per heavy atom. The van der Waals surface area contributed by atoms with Crippen molar-refractivity contribution in [3.05, 3.63) is 18.1 Å². The Balaban J connectivity index is 2.08. The molecule has 1 aromatic rings. The van der Waals surface area contributed by atoms with E-state index in [4.69, 9.17) is 5.84 Å². The normalized spacial score (nSPS) is 17.4. The summed E-state index contributed by atoms with van der Waals surface area (Å²) in [6.45, 7) is 2.03. The number of aromatic nitrogens is 2. The maximum atomic E-state index is 11.8. The maximum absolute atomic E-state index is 11.8. The molecule has 0 aliphatic heterocycles. The van der Waals surface area contributed by atoms with Gasteiger partial charge in [0, 0.05) is 5.54 Å². The predicted molar refractivity (Wildman–Crippen MR) is 59.6 cm³/mol. The molecule has 0 saturated heterocycles. The lowest BCUT2D eigenvalue weighted by Gasteiger charge is -2.38. The molecule has 0 atom stereocenters. The second kappa shape index (κ2) is 4.05. The number of hydrogen-bond donors (Lipinski definition) is 3. The van der Waals surface area contributed by atoms with Gasteiger partial charge in [0.25, 0.3) is 5.91 Å². The molecule has 86 valence electrons. The summed E-state index contributed by atoms with van der Waals surface area (Å²) in [6, 6.07) is 0. The van der Waals surface area contributed by atoms with Crippen LogP contribution in [0, 0.1) is 0 Å². The van der Waals surface area contributed by atoms with E-state index in [1.807, 2.05) is 6.92 Å². The summed E-state index contributed by atoms with van der Waals surface area (Å²) >= 11 is 0. The molecule has 1 aliphatic rings. The molecule has 1 heterocycles. The number of anilines is 1. The van der Waals surface area contributed by atoms with Crippen LogP contribution in [-0.4, -0.2) is 21.4 Å². The fraction of sp³-hybridized carbons (Fsp3) is 0.500. The standard InChI is InChI=1S/C10H15N5O/c1-10(3-2-4-10)14-9(16)7-5-12-6-8(13-7)15-11/h5-6H,2-4,11H2,1H3,(H,13,15)(H,14,16). The Morgan fingerprint density at radius 1 is 1.50 bits per heavy atom. The number of nitrogen functional groups attached to an aromatic ring is 1. The molecule has 4 N–H and O–H groups in total. The van der Waals surface area contributed by atoms with Gasteiger partial charge in [-0.1, -0.05) is 0 Å². The zero-order valence-corrected chi connectivity index (χ0v) is 9.16. The second-order valence-corrected chi connectivity index (χ2v) is 4.30. The summed E-state index contributed by atoms with van der Waals surface area (Å²) < 4.78 is 0. The van der Waals surface area contributed by atoms with Crippen molar-refractivity contribution in [1.82, 2.24) is 15.3 Å². The first kappa shape index (κ1) is 10.8. The molecule has 2 rings (SSSR count). The van der Waals surface area contributed by atoms with E-state index in [-0.39, 0.29) is 17.1 Å². The fourth-order valence-corrected chi connectivity index (χ4v) is 1.72. The third-order valence-corrected chi connectivity index (χ3v) is 2.89. The van der Waals surface area contributed by atoms with Gasteiger partial charge in [0.15, 0.2) is 5.82 Å². The lowest BCUT2D eigenvalue weighted by Crippen LogP contribution is -2.51. The average Bonchev–Trinajstić information content (AvgIpc) is 2.27. The Bertz CT molecular complexity index is 402. The van der Waals surface area contributed by atoms with E-state index in [9.17, 15) is 4.79 Å². The molecule has 16 heavy (non-hydrogen) atoms.